The molecular formula is C20H20FN3O2. The number of benzene rings is 2. The molecule has 0 aliphatic rings. The number of carbonyl (C=O) groups excluding carboxylic acids is 1. The van der Waals surface area contributed by atoms with E-state index >= 15 is 0 Å². The van der Waals surface area contributed by atoms with E-state index in [2.05, 4.69) is 28.5 Å². The number of halogens is 1. The highest BCUT2D eigenvalue weighted by Crippen LogP contribution is 2.15. The first kappa shape index (κ1) is 17.8. The standard InChI is InChI=1S/C20H20FN3O2/c21-18-12-14(3-6-20(25)24-26)1-4-17(18)13-22-9-7-15-2-5-19-16(11-15)8-10-23-19/h1-6,8,10-12,22-23,26H,7,9,13H2,(H,24,25)/b6-3+. The number of nitrogens with one attached hydrogen (secondary N) is 3. The first-order valence-electron chi connectivity index (χ1n) is 8.33. The van der Waals surface area contributed by atoms with Gasteiger partial charge in [-0.1, -0.05) is 18.2 Å². The van der Waals surface area contributed by atoms with Crippen molar-refractivity contribution < 1.29 is 14.4 Å². The number of hydrogen-bond donors (Lipinski definition) is 4. The maximum atomic E-state index is 14.1. The summed E-state index contributed by atoms with van der Waals surface area (Å²) in [6, 6.07) is 13.1. The number of hydroxylamine groups is 1. The molecular weight excluding hydrogens is 333 g/mol. The van der Waals surface area contributed by atoms with Crippen molar-refractivity contribution in [3.63, 3.8) is 0 Å². The third-order valence-corrected chi connectivity index (χ3v) is 4.14. The number of fused-ring (bicyclic) bond motifs is 1. The van der Waals surface area contributed by atoms with Crippen molar-refractivity contribution in [2.24, 2.45) is 0 Å². The van der Waals surface area contributed by atoms with Crippen molar-refractivity contribution in [1.29, 1.82) is 0 Å². The van der Waals surface area contributed by atoms with Crippen molar-refractivity contribution in [2.45, 2.75) is 13.0 Å². The molecule has 4 N–H and O–H groups in total. The van der Waals surface area contributed by atoms with Crippen LogP contribution >= 0.6 is 0 Å². The monoisotopic (exact) mass is 353 g/mol. The van der Waals surface area contributed by atoms with E-state index < -0.39 is 5.91 Å². The van der Waals surface area contributed by atoms with Gasteiger partial charge in [-0.2, -0.15) is 0 Å². The van der Waals surface area contributed by atoms with E-state index in [4.69, 9.17) is 5.21 Å². The molecule has 26 heavy (non-hydrogen) atoms. The van der Waals surface area contributed by atoms with Gasteiger partial charge < -0.3 is 10.3 Å². The van der Waals surface area contributed by atoms with Crippen LogP contribution in [0.2, 0.25) is 0 Å². The Hall–Kier alpha value is -2.96. The van der Waals surface area contributed by atoms with Gasteiger partial charge in [-0.15, -0.1) is 0 Å². The molecule has 0 bridgehead atoms. The van der Waals surface area contributed by atoms with Crippen LogP contribution in [0.1, 0.15) is 16.7 Å². The van der Waals surface area contributed by atoms with E-state index in [1.54, 1.807) is 12.1 Å². The van der Waals surface area contributed by atoms with E-state index in [0.717, 1.165) is 24.6 Å². The third-order valence-electron chi connectivity index (χ3n) is 4.14. The van der Waals surface area contributed by atoms with Gasteiger partial charge in [-0.25, -0.2) is 9.87 Å². The molecule has 1 aromatic heterocycles. The molecule has 0 saturated heterocycles. The molecule has 0 unspecified atom stereocenters. The van der Waals surface area contributed by atoms with Gasteiger partial charge in [0, 0.05) is 29.9 Å². The Morgan fingerprint density at radius 2 is 2.08 bits per heavy atom. The zero-order valence-corrected chi connectivity index (χ0v) is 14.1. The summed E-state index contributed by atoms with van der Waals surface area (Å²) < 4.78 is 14.1. The number of hydrogen-bond acceptors (Lipinski definition) is 3. The maximum Gasteiger partial charge on any atom is 0.267 e. The molecule has 0 saturated carbocycles. The number of amides is 1. The van der Waals surface area contributed by atoms with E-state index in [1.807, 2.05) is 12.3 Å². The highest BCUT2D eigenvalue weighted by molar-refractivity contribution is 5.90. The molecule has 0 fully saturated rings. The van der Waals surface area contributed by atoms with Crippen LogP contribution in [-0.2, 0) is 17.8 Å². The fraction of sp³-hybridized carbons (Fsp3) is 0.150. The first-order valence-corrected chi connectivity index (χ1v) is 8.33. The lowest BCUT2D eigenvalue weighted by atomic mass is 10.1. The average Bonchev–Trinajstić information content (AvgIpc) is 3.12. The summed E-state index contributed by atoms with van der Waals surface area (Å²) in [5, 5.41) is 12.9. The van der Waals surface area contributed by atoms with Gasteiger partial charge in [-0.05, 0) is 59.8 Å². The molecule has 2 aromatic carbocycles. The van der Waals surface area contributed by atoms with Gasteiger partial charge in [0.05, 0.1) is 0 Å². The number of rotatable bonds is 7. The minimum Gasteiger partial charge on any atom is -0.361 e. The predicted molar refractivity (Wildman–Crippen MR) is 99.1 cm³/mol. The number of H-pyrrole nitrogens is 1. The fourth-order valence-electron chi connectivity index (χ4n) is 2.73. The summed E-state index contributed by atoms with van der Waals surface area (Å²) in [7, 11) is 0. The molecule has 0 spiro atoms. The van der Waals surface area contributed by atoms with Crippen LogP contribution in [0.3, 0.4) is 0 Å². The molecule has 0 radical (unpaired) electrons. The second-order valence-electron chi connectivity index (χ2n) is 5.99. The Bertz CT molecular complexity index is 934. The predicted octanol–water partition coefficient (Wildman–Crippen LogP) is 3.16. The summed E-state index contributed by atoms with van der Waals surface area (Å²) in [5.41, 5.74) is 4.95. The Morgan fingerprint density at radius 1 is 1.19 bits per heavy atom. The van der Waals surface area contributed by atoms with Gasteiger partial charge >= 0.3 is 0 Å². The molecule has 6 heteroatoms. The van der Waals surface area contributed by atoms with Gasteiger partial charge in [0.2, 0.25) is 0 Å². The molecule has 5 nitrogen and oxygen atoms in total. The van der Waals surface area contributed by atoms with Gasteiger partial charge in [0.25, 0.3) is 5.91 Å². The molecule has 134 valence electrons. The second-order valence-corrected chi connectivity index (χ2v) is 5.99. The minimum absolute atomic E-state index is 0.335. The third kappa shape index (κ3) is 4.56. The molecule has 1 amide bonds. The molecule has 0 atom stereocenters. The highest BCUT2D eigenvalue weighted by atomic mass is 19.1. The van der Waals surface area contributed by atoms with Gasteiger partial charge in [0.15, 0.2) is 0 Å². The number of aromatic nitrogens is 1. The van der Waals surface area contributed by atoms with Gasteiger partial charge in [-0.3, -0.25) is 10.0 Å². The minimum atomic E-state index is -0.658. The summed E-state index contributed by atoms with van der Waals surface area (Å²) >= 11 is 0. The van der Waals surface area contributed by atoms with Crippen LogP contribution in [0.5, 0.6) is 0 Å². The second kappa shape index (κ2) is 8.42. The normalized spacial score (nSPS) is 11.3. The van der Waals surface area contributed by atoms with E-state index in [9.17, 15) is 9.18 Å². The quantitative estimate of drug-likeness (QED) is 0.228. The van der Waals surface area contributed by atoms with E-state index in [1.165, 1.54) is 28.6 Å². The summed E-state index contributed by atoms with van der Waals surface area (Å²) in [5.74, 6) is -0.994. The van der Waals surface area contributed by atoms with Crippen LogP contribution in [0.15, 0.2) is 54.7 Å². The number of aromatic amines is 1. The molecule has 0 aliphatic heterocycles. The van der Waals surface area contributed by atoms with Crippen LogP contribution in [0.25, 0.3) is 17.0 Å². The summed E-state index contributed by atoms with van der Waals surface area (Å²) in [6.07, 6.45) is 5.35. The van der Waals surface area contributed by atoms with Crippen molar-refractivity contribution in [1.82, 2.24) is 15.8 Å². The first-order chi connectivity index (χ1) is 12.7. The van der Waals surface area contributed by atoms with Crippen molar-refractivity contribution in [3.05, 3.63) is 77.2 Å². The Labute approximate surface area is 150 Å². The smallest absolute Gasteiger partial charge is 0.267 e. The van der Waals surface area contributed by atoms with E-state index in [-0.39, 0.29) is 5.82 Å². The Kier molecular flexibility index (Phi) is 5.78. The lowest BCUT2D eigenvalue weighted by Gasteiger charge is -2.07. The molecule has 3 rings (SSSR count). The van der Waals surface area contributed by atoms with Gasteiger partial charge in [0.1, 0.15) is 5.82 Å². The Balaban J connectivity index is 1.51. The lowest BCUT2D eigenvalue weighted by molar-refractivity contribution is -0.124. The lowest BCUT2D eigenvalue weighted by Crippen LogP contribution is -2.17. The van der Waals surface area contributed by atoms with Crippen molar-refractivity contribution in [2.75, 3.05) is 6.54 Å². The average molecular weight is 353 g/mol. The number of carbonyl (C=O) groups is 1. The zero-order valence-electron chi connectivity index (χ0n) is 14.1. The van der Waals surface area contributed by atoms with Crippen LogP contribution < -0.4 is 10.8 Å². The van der Waals surface area contributed by atoms with E-state index in [0.29, 0.717) is 17.7 Å². The van der Waals surface area contributed by atoms with Crippen LogP contribution in [-0.4, -0.2) is 22.6 Å². The Morgan fingerprint density at radius 3 is 2.88 bits per heavy atom. The SMILES string of the molecule is O=C(/C=C/c1ccc(CNCCc2ccc3[nH]ccc3c2)c(F)c1)NO. The van der Waals surface area contributed by atoms with Crippen molar-refractivity contribution >= 4 is 22.9 Å². The summed E-state index contributed by atoms with van der Waals surface area (Å²) in [6.45, 7) is 1.17. The van der Waals surface area contributed by atoms with Crippen LogP contribution in [0, 0.1) is 5.82 Å². The highest BCUT2D eigenvalue weighted by Gasteiger charge is 2.03. The molecule has 0 aliphatic carbocycles. The topological polar surface area (TPSA) is 77.2 Å². The largest absolute Gasteiger partial charge is 0.361 e. The van der Waals surface area contributed by atoms with Crippen molar-refractivity contribution in [3.8, 4) is 0 Å². The fourth-order valence-corrected chi connectivity index (χ4v) is 2.73. The zero-order chi connectivity index (χ0) is 18.4. The maximum absolute atomic E-state index is 14.1. The van der Waals surface area contributed by atoms with Crippen LogP contribution in [0.4, 0.5) is 4.39 Å². The molecule has 1 heterocycles. The summed E-state index contributed by atoms with van der Waals surface area (Å²) in [4.78, 5) is 14.1. The molecule has 3 aromatic rings.